The van der Waals surface area contributed by atoms with Gasteiger partial charge in [-0.15, -0.1) is 0 Å². The highest BCUT2D eigenvalue weighted by Gasteiger charge is 2.17. The molecular formula is C11H11F2N5O3. The molecule has 0 amide bonds. The van der Waals surface area contributed by atoms with E-state index < -0.39 is 27.9 Å². The van der Waals surface area contributed by atoms with Gasteiger partial charge in [-0.25, -0.2) is 8.78 Å². The molecule has 10 heteroatoms. The lowest BCUT2D eigenvalue weighted by molar-refractivity contribution is -0.385. The summed E-state index contributed by atoms with van der Waals surface area (Å²) in [5.41, 5.74) is -1.16. The minimum absolute atomic E-state index is 0.119. The van der Waals surface area contributed by atoms with E-state index in [9.17, 15) is 18.9 Å². The fraction of sp³-hybridized carbons (Fsp3) is 0.273. The highest BCUT2D eigenvalue weighted by atomic mass is 19.1. The molecule has 0 radical (unpaired) electrons. The van der Waals surface area contributed by atoms with Gasteiger partial charge in [0.15, 0.2) is 11.6 Å². The second-order valence-electron chi connectivity index (χ2n) is 4.28. The van der Waals surface area contributed by atoms with Crippen molar-refractivity contribution in [2.75, 3.05) is 24.3 Å². The molecule has 0 spiro atoms. The van der Waals surface area contributed by atoms with Crippen LogP contribution in [-0.2, 0) is 6.54 Å². The monoisotopic (exact) mass is 299 g/mol. The number of hydrogen-bond acceptors (Lipinski definition) is 7. The summed E-state index contributed by atoms with van der Waals surface area (Å²) < 4.78 is 32.1. The first-order valence-electron chi connectivity index (χ1n) is 5.75. The Morgan fingerprint density at radius 1 is 1.38 bits per heavy atom. The summed E-state index contributed by atoms with van der Waals surface area (Å²) in [6, 6.07) is 1.26. The van der Waals surface area contributed by atoms with Gasteiger partial charge in [-0.05, 0) is 5.16 Å². The van der Waals surface area contributed by atoms with Gasteiger partial charge in [0.05, 0.1) is 23.6 Å². The van der Waals surface area contributed by atoms with Crippen molar-refractivity contribution in [2.24, 2.45) is 0 Å². The SMILES string of the molecule is CN(C)c1noc(CNc2c(F)cc([N+](=O)[O-])cc2F)n1. The molecule has 0 aliphatic carbocycles. The molecule has 1 N–H and O–H groups in total. The summed E-state index contributed by atoms with van der Waals surface area (Å²) in [6.45, 7) is -0.119. The number of nitro benzene ring substituents is 1. The van der Waals surface area contributed by atoms with Crippen LogP contribution in [0.2, 0.25) is 0 Å². The molecule has 1 heterocycles. The molecule has 1 aromatic heterocycles. The lowest BCUT2D eigenvalue weighted by atomic mass is 10.2. The molecule has 8 nitrogen and oxygen atoms in total. The van der Waals surface area contributed by atoms with E-state index in [0.717, 1.165) is 0 Å². The van der Waals surface area contributed by atoms with Crippen LogP contribution >= 0.6 is 0 Å². The van der Waals surface area contributed by atoms with Crippen LogP contribution < -0.4 is 10.2 Å². The van der Waals surface area contributed by atoms with E-state index in [1.165, 1.54) is 0 Å². The van der Waals surface area contributed by atoms with E-state index >= 15 is 0 Å². The molecule has 0 aliphatic rings. The van der Waals surface area contributed by atoms with Gasteiger partial charge in [0.1, 0.15) is 5.69 Å². The van der Waals surface area contributed by atoms with Crippen LogP contribution in [0.5, 0.6) is 0 Å². The third-order valence-corrected chi connectivity index (χ3v) is 2.51. The molecular weight excluding hydrogens is 288 g/mol. The number of aromatic nitrogens is 2. The molecule has 21 heavy (non-hydrogen) atoms. The molecule has 112 valence electrons. The molecule has 0 atom stereocenters. The number of benzene rings is 1. The molecule has 1 aromatic carbocycles. The lowest BCUT2D eigenvalue weighted by Gasteiger charge is -2.06. The molecule has 0 saturated heterocycles. The largest absolute Gasteiger partial charge is 0.371 e. The number of hydrogen-bond donors (Lipinski definition) is 1. The van der Waals surface area contributed by atoms with Gasteiger partial charge in [-0.1, -0.05) is 0 Å². The van der Waals surface area contributed by atoms with Crippen molar-refractivity contribution in [3.63, 3.8) is 0 Å². The van der Waals surface area contributed by atoms with Gasteiger partial charge in [-0.2, -0.15) is 4.98 Å². The lowest BCUT2D eigenvalue weighted by Crippen LogP contribution is -2.10. The summed E-state index contributed by atoms with van der Waals surface area (Å²) in [7, 11) is 3.41. The Balaban J connectivity index is 2.14. The number of anilines is 2. The molecule has 0 saturated carbocycles. The van der Waals surface area contributed by atoms with E-state index in [0.29, 0.717) is 18.1 Å². The van der Waals surface area contributed by atoms with Gasteiger partial charge in [0, 0.05) is 14.1 Å². The minimum Gasteiger partial charge on any atom is -0.371 e. The summed E-state index contributed by atoms with van der Waals surface area (Å²) >= 11 is 0. The number of nitrogens with zero attached hydrogens (tertiary/aromatic N) is 4. The third-order valence-electron chi connectivity index (χ3n) is 2.51. The Bertz CT molecular complexity index is 651. The average molecular weight is 299 g/mol. The van der Waals surface area contributed by atoms with Gasteiger partial charge >= 0.3 is 0 Å². The quantitative estimate of drug-likeness (QED) is 0.665. The van der Waals surface area contributed by atoms with Crippen LogP contribution in [0.4, 0.5) is 26.1 Å². The zero-order valence-electron chi connectivity index (χ0n) is 11.1. The van der Waals surface area contributed by atoms with Crippen molar-refractivity contribution in [1.82, 2.24) is 10.1 Å². The summed E-state index contributed by atoms with van der Waals surface area (Å²) in [5, 5.41) is 16.5. The Labute approximate surface area is 117 Å². The minimum atomic E-state index is -1.07. The molecule has 0 unspecified atom stereocenters. The maximum Gasteiger partial charge on any atom is 0.275 e. The van der Waals surface area contributed by atoms with E-state index in [-0.39, 0.29) is 12.4 Å². The maximum absolute atomic E-state index is 13.6. The van der Waals surface area contributed by atoms with Crippen LogP contribution in [0.3, 0.4) is 0 Å². The van der Waals surface area contributed by atoms with Gasteiger partial charge in [0.2, 0.25) is 5.89 Å². The van der Waals surface area contributed by atoms with Crippen LogP contribution in [0, 0.1) is 21.7 Å². The molecule has 0 bridgehead atoms. The predicted octanol–water partition coefficient (Wildman–Crippen LogP) is 1.93. The standard InChI is InChI=1S/C11H11F2N5O3/c1-17(2)11-15-9(21-16-11)5-14-10-7(12)3-6(18(19)20)4-8(10)13/h3-4,14H,5H2,1-2H3. The first kappa shape index (κ1) is 14.6. The zero-order valence-corrected chi connectivity index (χ0v) is 11.1. The first-order chi connectivity index (χ1) is 9.88. The fourth-order valence-electron chi connectivity index (χ4n) is 1.50. The summed E-state index contributed by atoms with van der Waals surface area (Å²) in [5.74, 6) is -1.71. The second kappa shape index (κ2) is 5.69. The van der Waals surface area contributed by atoms with Crippen LogP contribution in [0.25, 0.3) is 0 Å². The predicted molar refractivity (Wildman–Crippen MR) is 69.0 cm³/mol. The molecule has 0 aliphatic heterocycles. The van der Waals surface area contributed by atoms with Gasteiger partial charge in [0.25, 0.3) is 11.6 Å². The Kier molecular flexibility index (Phi) is 3.96. The van der Waals surface area contributed by atoms with Crippen molar-refractivity contribution < 1.29 is 18.2 Å². The van der Waals surface area contributed by atoms with Crippen molar-refractivity contribution in [3.8, 4) is 0 Å². The van der Waals surface area contributed by atoms with Gasteiger partial charge in [-0.3, -0.25) is 10.1 Å². The van der Waals surface area contributed by atoms with Crippen molar-refractivity contribution >= 4 is 17.3 Å². The first-order valence-corrected chi connectivity index (χ1v) is 5.75. The number of non-ortho nitro benzene ring substituents is 1. The summed E-state index contributed by atoms with van der Waals surface area (Å²) in [4.78, 5) is 15.2. The van der Waals surface area contributed by atoms with Crippen LogP contribution in [0.15, 0.2) is 16.7 Å². The molecule has 0 fully saturated rings. The van der Waals surface area contributed by atoms with E-state index in [1.54, 1.807) is 19.0 Å². The van der Waals surface area contributed by atoms with Crippen LogP contribution in [0.1, 0.15) is 5.89 Å². The highest BCUT2D eigenvalue weighted by molar-refractivity contribution is 5.51. The summed E-state index contributed by atoms with van der Waals surface area (Å²) in [6.07, 6.45) is 0. The highest BCUT2D eigenvalue weighted by Crippen LogP contribution is 2.25. The van der Waals surface area contributed by atoms with E-state index in [2.05, 4.69) is 15.5 Å². The van der Waals surface area contributed by atoms with Crippen molar-refractivity contribution in [2.45, 2.75) is 6.54 Å². The Morgan fingerprint density at radius 2 is 2.00 bits per heavy atom. The Hall–Kier alpha value is -2.78. The van der Waals surface area contributed by atoms with E-state index in [4.69, 9.17) is 4.52 Å². The van der Waals surface area contributed by atoms with Gasteiger partial charge < -0.3 is 14.7 Å². The maximum atomic E-state index is 13.6. The Morgan fingerprint density at radius 3 is 2.48 bits per heavy atom. The average Bonchev–Trinajstić information content (AvgIpc) is 2.86. The topological polar surface area (TPSA) is 97.3 Å². The van der Waals surface area contributed by atoms with E-state index in [1.807, 2.05) is 0 Å². The number of halogens is 2. The zero-order chi connectivity index (χ0) is 15.6. The fourth-order valence-corrected chi connectivity index (χ4v) is 1.50. The number of rotatable bonds is 5. The molecule has 2 aromatic rings. The van der Waals surface area contributed by atoms with Crippen molar-refractivity contribution in [3.05, 3.63) is 39.8 Å². The third kappa shape index (κ3) is 3.22. The number of nitrogens with one attached hydrogen (secondary N) is 1. The van der Waals surface area contributed by atoms with Crippen LogP contribution in [-0.4, -0.2) is 29.2 Å². The number of nitro groups is 1. The van der Waals surface area contributed by atoms with Crippen molar-refractivity contribution in [1.29, 1.82) is 0 Å². The smallest absolute Gasteiger partial charge is 0.275 e. The normalized spacial score (nSPS) is 10.5. The molecule has 2 rings (SSSR count). The second-order valence-corrected chi connectivity index (χ2v) is 4.28.